The van der Waals surface area contributed by atoms with Crippen LogP contribution in [0.3, 0.4) is 0 Å². The van der Waals surface area contributed by atoms with Gasteiger partial charge in [-0.1, -0.05) is 6.07 Å². The van der Waals surface area contributed by atoms with Gasteiger partial charge in [0, 0.05) is 11.1 Å². The van der Waals surface area contributed by atoms with Crippen LogP contribution in [-0.2, 0) is 0 Å². The molecule has 0 aliphatic heterocycles. The summed E-state index contributed by atoms with van der Waals surface area (Å²) < 4.78 is 0. The smallest absolute Gasteiger partial charge is 0.354 e. The normalized spacial score (nSPS) is 9.90. The van der Waals surface area contributed by atoms with Crippen LogP contribution in [0, 0.1) is 0 Å². The molecular weight excluding hydrogens is 274 g/mol. The molecule has 7 nitrogen and oxygen atoms in total. The summed E-state index contributed by atoms with van der Waals surface area (Å²) in [5.74, 6) is -2.23. The average molecular weight is 285 g/mol. The second-order valence-corrected chi connectivity index (χ2v) is 4.14. The quantitative estimate of drug-likeness (QED) is 0.777. The molecule has 4 N–H and O–H groups in total. The van der Waals surface area contributed by atoms with Crippen LogP contribution in [0.15, 0.2) is 42.6 Å². The number of pyridine rings is 1. The first-order chi connectivity index (χ1) is 9.97. The Balaban J connectivity index is 2.16. The summed E-state index contributed by atoms with van der Waals surface area (Å²) >= 11 is 0. The number of hydrogen-bond acceptors (Lipinski definition) is 4. The number of nitrogens with two attached hydrogens (primary N) is 1. The number of carbonyl (C=O) groups is 3. The van der Waals surface area contributed by atoms with E-state index < -0.39 is 17.8 Å². The van der Waals surface area contributed by atoms with Crippen LogP contribution in [0.25, 0.3) is 0 Å². The minimum Gasteiger partial charge on any atom is -0.477 e. The van der Waals surface area contributed by atoms with Gasteiger partial charge in [-0.15, -0.1) is 0 Å². The number of amides is 2. The van der Waals surface area contributed by atoms with Crippen molar-refractivity contribution in [3.05, 3.63) is 59.4 Å². The lowest BCUT2D eigenvalue weighted by Gasteiger charge is -2.06. The maximum atomic E-state index is 12.0. The van der Waals surface area contributed by atoms with E-state index in [2.05, 4.69) is 10.3 Å². The Labute approximate surface area is 119 Å². The van der Waals surface area contributed by atoms with Crippen LogP contribution in [0.2, 0.25) is 0 Å². The molecule has 21 heavy (non-hydrogen) atoms. The van der Waals surface area contributed by atoms with Crippen molar-refractivity contribution in [2.75, 3.05) is 5.32 Å². The molecule has 0 atom stereocenters. The second-order valence-electron chi connectivity index (χ2n) is 4.14. The van der Waals surface area contributed by atoms with Crippen molar-refractivity contribution in [1.29, 1.82) is 0 Å². The molecular formula is C14H11N3O4. The number of aromatic carboxylic acids is 1. The predicted molar refractivity (Wildman–Crippen MR) is 74.1 cm³/mol. The maximum absolute atomic E-state index is 12.0. The number of hydrogen-bond donors (Lipinski definition) is 3. The Morgan fingerprint density at radius 3 is 2.38 bits per heavy atom. The van der Waals surface area contributed by atoms with Crippen LogP contribution in [0.4, 0.5) is 5.69 Å². The lowest BCUT2D eigenvalue weighted by molar-refractivity contribution is 0.0690. The minimum absolute atomic E-state index is 0.122. The molecule has 0 fully saturated rings. The first-order valence-corrected chi connectivity index (χ1v) is 5.88. The summed E-state index contributed by atoms with van der Waals surface area (Å²) in [4.78, 5) is 37.4. The van der Waals surface area contributed by atoms with Gasteiger partial charge >= 0.3 is 5.97 Å². The SMILES string of the molecule is NC(=O)c1cccc(C(=O)Nc2ccc(C(=O)O)nc2)c1. The molecule has 0 spiro atoms. The van der Waals surface area contributed by atoms with E-state index in [0.29, 0.717) is 5.69 Å². The van der Waals surface area contributed by atoms with Crippen LogP contribution in [0.1, 0.15) is 31.2 Å². The Kier molecular flexibility index (Phi) is 3.94. The molecule has 106 valence electrons. The van der Waals surface area contributed by atoms with Gasteiger partial charge in [-0.2, -0.15) is 0 Å². The van der Waals surface area contributed by atoms with Gasteiger partial charge in [0.2, 0.25) is 5.91 Å². The fourth-order valence-corrected chi connectivity index (χ4v) is 1.61. The standard InChI is InChI=1S/C14H11N3O4/c15-12(18)8-2-1-3-9(6-8)13(19)17-10-4-5-11(14(20)21)16-7-10/h1-7H,(H2,15,18)(H,17,19)(H,20,21). The van der Waals surface area contributed by atoms with Crippen molar-refractivity contribution in [3.63, 3.8) is 0 Å². The molecule has 0 saturated heterocycles. The number of carbonyl (C=O) groups excluding carboxylic acids is 2. The number of aromatic nitrogens is 1. The number of nitrogens with zero attached hydrogens (tertiary/aromatic N) is 1. The Bertz CT molecular complexity index is 710. The Morgan fingerprint density at radius 2 is 1.81 bits per heavy atom. The average Bonchev–Trinajstić information content (AvgIpc) is 2.48. The van der Waals surface area contributed by atoms with E-state index in [1.165, 1.54) is 36.5 Å². The lowest BCUT2D eigenvalue weighted by atomic mass is 10.1. The van der Waals surface area contributed by atoms with Gasteiger partial charge in [-0.3, -0.25) is 9.59 Å². The zero-order valence-electron chi connectivity index (χ0n) is 10.7. The summed E-state index contributed by atoms with van der Waals surface area (Å²) in [6.07, 6.45) is 1.24. The molecule has 2 aromatic rings. The summed E-state index contributed by atoms with van der Waals surface area (Å²) in [6.45, 7) is 0. The van der Waals surface area contributed by atoms with Crippen LogP contribution in [-0.4, -0.2) is 27.9 Å². The highest BCUT2D eigenvalue weighted by Crippen LogP contribution is 2.10. The van der Waals surface area contributed by atoms with E-state index in [1.54, 1.807) is 6.07 Å². The summed E-state index contributed by atoms with van der Waals surface area (Å²) in [7, 11) is 0. The molecule has 7 heteroatoms. The monoisotopic (exact) mass is 285 g/mol. The first kappa shape index (κ1) is 14.2. The number of anilines is 1. The molecule has 0 aliphatic carbocycles. The van der Waals surface area contributed by atoms with E-state index in [4.69, 9.17) is 10.8 Å². The van der Waals surface area contributed by atoms with Crippen molar-refractivity contribution in [1.82, 2.24) is 4.98 Å². The molecule has 0 unspecified atom stereocenters. The highest BCUT2D eigenvalue weighted by molar-refractivity contribution is 6.06. The van der Waals surface area contributed by atoms with Gasteiger partial charge < -0.3 is 16.2 Å². The fraction of sp³-hybridized carbons (Fsp3) is 0. The lowest BCUT2D eigenvalue weighted by Crippen LogP contribution is -2.15. The van der Waals surface area contributed by atoms with Gasteiger partial charge in [-0.25, -0.2) is 9.78 Å². The van der Waals surface area contributed by atoms with Crippen molar-refractivity contribution in [3.8, 4) is 0 Å². The van der Waals surface area contributed by atoms with E-state index in [1.807, 2.05) is 0 Å². The van der Waals surface area contributed by atoms with Crippen LogP contribution in [0.5, 0.6) is 0 Å². The third-order valence-electron chi connectivity index (χ3n) is 2.65. The van der Waals surface area contributed by atoms with Gasteiger partial charge in [0.05, 0.1) is 11.9 Å². The minimum atomic E-state index is -1.15. The topological polar surface area (TPSA) is 122 Å². The molecule has 1 aromatic heterocycles. The maximum Gasteiger partial charge on any atom is 0.354 e. The zero-order valence-corrected chi connectivity index (χ0v) is 10.7. The number of nitrogens with one attached hydrogen (secondary N) is 1. The number of carboxylic acid groups (broad SMARTS) is 1. The number of primary amides is 1. The first-order valence-electron chi connectivity index (χ1n) is 5.88. The molecule has 1 aromatic carbocycles. The predicted octanol–water partition coefficient (Wildman–Crippen LogP) is 1.13. The van der Waals surface area contributed by atoms with Crippen molar-refractivity contribution >= 4 is 23.5 Å². The third kappa shape index (κ3) is 3.41. The Hall–Kier alpha value is -3.22. The Morgan fingerprint density at radius 1 is 1.10 bits per heavy atom. The van der Waals surface area contributed by atoms with E-state index in [-0.39, 0.29) is 16.8 Å². The van der Waals surface area contributed by atoms with E-state index >= 15 is 0 Å². The van der Waals surface area contributed by atoms with Crippen molar-refractivity contribution < 1.29 is 19.5 Å². The van der Waals surface area contributed by atoms with Crippen LogP contribution < -0.4 is 11.1 Å². The molecule has 0 saturated carbocycles. The van der Waals surface area contributed by atoms with Gasteiger partial charge in [0.15, 0.2) is 0 Å². The number of benzene rings is 1. The largest absolute Gasteiger partial charge is 0.477 e. The molecule has 0 radical (unpaired) electrons. The highest BCUT2D eigenvalue weighted by atomic mass is 16.4. The molecule has 2 amide bonds. The van der Waals surface area contributed by atoms with Crippen molar-refractivity contribution in [2.45, 2.75) is 0 Å². The van der Waals surface area contributed by atoms with Crippen LogP contribution >= 0.6 is 0 Å². The third-order valence-corrected chi connectivity index (χ3v) is 2.65. The summed E-state index contributed by atoms with van der Waals surface area (Å²) in [5, 5.41) is 11.3. The fourth-order valence-electron chi connectivity index (χ4n) is 1.61. The highest BCUT2D eigenvalue weighted by Gasteiger charge is 2.10. The van der Waals surface area contributed by atoms with Gasteiger partial charge in [-0.05, 0) is 30.3 Å². The van der Waals surface area contributed by atoms with Gasteiger partial charge in [0.1, 0.15) is 5.69 Å². The van der Waals surface area contributed by atoms with E-state index in [0.717, 1.165) is 0 Å². The van der Waals surface area contributed by atoms with Gasteiger partial charge in [0.25, 0.3) is 5.91 Å². The second kappa shape index (κ2) is 5.83. The molecule has 0 bridgehead atoms. The zero-order chi connectivity index (χ0) is 15.4. The molecule has 2 rings (SSSR count). The number of rotatable bonds is 4. The van der Waals surface area contributed by atoms with E-state index in [9.17, 15) is 14.4 Å². The molecule has 1 heterocycles. The van der Waals surface area contributed by atoms with Crippen molar-refractivity contribution in [2.24, 2.45) is 5.73 Å². The number of carboxylic acids is 1. The summed E-state index contributed by atoms with van der Waals surface area (Å²) in [5.41, 5.74) is 5.85. The summed E-state index contributed by atoms with van der Waals surface area (Å²) in [6, 6.07) is 8.64. The molecule has 0 aliphatic rings.